The van der Waals surface area contributed by atoms with Crippen LogP contribution in [0.1, 0.15) is 60.8 Å². The number of ether oxygens (including phenoxy) is 1. The molecule has 0 spiro atoms. The minimum Gasteiger partial charge on any atom is -0.489 e. The molecule has 3 aromatic rings. The summed E-state index contributed by atoms with van der Waals surface area (Å²) >= 11 is 0. The molecule has 2 unspecified atom stereocenters. The van der Waals surface area contributed by atoms with E-state index in [1.54, 1.807) is 0 Å². The maximum absolute atomic E-state index is 12.9. The van der Waals surface area contributed by atoms with Crippen molar-refractivity contribution in [1.29, 1.82) is 0 Å². The highest BCUT2D eigenvalue weighted by molar-refractivity contribution is 6.06. The third kappa shape index (κ3) is 3.26. The molecule has 0 saturated carbocycles. The predicted octanol–water partition coefficient (Wildman–Crippen LogP) is 4.81. The average Bonchev–Trinajstić information content (AvgIpc) is 3.19. The minimum atomic E-state index is -0.155. The molecule has 2 aromatic carbocycles. The molecule has 6 nitrogen and oxygen atoms in total. The normalized spacial score (nSPS) is 20.1. The maximum Gasteiger partial charge on any atom is 0.259 e. The number of aryl methyl sites for hydroxylation is 1. The fraction of sp³-hybridized carbons (Fsp3) is 0.375. The molecule has 1 N–H and O–H groups in total. The van der Waals surface area contributed by atoms with Gasteiger partial charge in [0.25, 0.3) is 5.91 Å². The number of carbonyl (C=O) groups excluding carboxylic acids is 1. The van der Waals surface area contributed by atoms with Gasteiger partial charge >= 0.3 is 0 Å². The second-order valence-corrected chi connectivity index (χ2v) is 8.27. The molecule has 0 bridgehead atoms. The zero-order chi connectivity index (χ0) is 20.7. The van der Waals surface area contributed by atoms with E-state index in [2.05, 4.69) is 27.0 Å². The molecule has 2 aliphatic heterocycles. The van der Waals surface area contributed by atoms with E-state index in [1.165, 1.54) is 12.8 Å². The summed E-state index contributed by atoms with van der Waals surface area (Å²) in [7, 11) is 0. The Balaban J connectivity index is 1.36. The number of amides is 1. The van der Waals surface area contributed by atoms with Gasteiger partial charge in [-0.3, -0.25) is 4.79 Å². The third-order valence-electron chi connectivity index (χ3n) is 6.30. The maximum atomic E-state index is 12.9. The summed E-state index contributed by atoms with van der Waals surface area (Å²) in [6.45, 7) is 5.13. The van der Waals surface area contributed by atoms with Gasteiger partial charge in [-0.25, -0.2) is 0 Å². The van der Waals surface area contributed by atoms with Crippen molar-refractivity contribution < 1.29 is 9.53 Å². The van der Waals surface area contributed by atoms with Crippen molar-refractivity contribution in [3.8, 4) is 17.1 Å². The zero-order valence-corrected chi connectivity index (χ0v) is 17.4. The number of nitrogens with zero attached hydrogens (tertiary/aromatic N) is 3. The van der Waals surface area contributed by atoms with E-state index in [4.69, 9.17) is 4.74 Å². The van der Waals surface area contributed by atoms with Crippen molar-refractivity contribution in [3.05, 3.63) is 59.4 Å². The summed E-state index contributed by atoms with van der Waals surface area (Å²) in [5, 5.41) is 11.8. The Bertz CT molecular complexity index is 1090. The van der Waals surface area contributed by atoms with Crippen LogP contribution in [0.5, 0.6) is 5.75 Å². The van der Waals surface area contributed by atoms with E-state index in [0.29, 0.717) is 11.3 Å². The number of para-hydroxylation sites is 1. The van der Waals surface area contributed by atoms with E-state index in [1.807, 2.05) is 49.4 Å². The Hall–Kier alpha value is -3.15. The van der Waals surface area contributed by atoms with E-state index in [0.717, 1.165) is 47.8 Å². The lowest BCUT2D eigenvalue weighted by Crippen LogP contribution is -2.14. The number of hydrogen-bond donors (Lipinski definition) is 1. The van der Waals surface area contributed by atoms with Crippen molar-refractivity contribution in [1.82, 2.24) is 14.8 Å². The topological polar surface area (TPSA) is 69.0 Å². The lowest BCUT2D eigenvalue weighted by Gasteiger charge is -2.11. The molecule has 0 aliphatic carbocycles. The standard InChI is InChI=1S/C24H26N4O2/c1-15-16(2)30-22-19(15)7-6-8-20(22)24(29)25-18-12-10-17(11-13-18)23-27-26-21-9-4-3-5-14-28(21)23/h6-8,10-13,15-16H,3-5,9,14H2,1-2H3,(H,25,29). The Morgan fingerprint density at radius 3 is 2.73 bits per heavy atom. The molecular weight excluding hydrogens is 376 g/mol. The first kappa shape index (κ1) is 18.9. The van der Waals surface area contributed by atoms with Crippen molar-refractivity contribution >= 4 is 11.6 Å². The number of rotatable bonds is 3. The summed E-state index contributed by atoms with van der Waals surface area (Å²) in [5.41, 5.74) is 3.44. The smallest absolute Gasteiger partial charge is 0.259 e. The summed E-state index contributed by atoms with van der Waals surface area (Å²) in [4.78, 5) is 12.9. The van der Waals surface area contributed by atoms with Crippen molar-refractivity contribution in [3.63, 3.8) is 0 Å². The molecule has 3 heterocycles. The van der Waals surface area contributed by atoms with Gasteiger partial charge in [-0.1, -0.05) is 25.5 Å². The number of nitrogens with one attached hydrogen (secondary N) is 1. The molecule has 2 aliphatic rings. The van der Waals surface area contributed by atoms with E-state index < -0.39 is 0 Å². The lowest BCUT2D eigenvalue weighted by molar-refractivity contribution is 0.102. The summed E-state index contributed by atoms with van der Waals surface area (Å²) in [6.07, 6.45) is 4.63. The molecule has 0 radical (unpaired) electrons. The number of fused-ring (bicyclic) bond motifs is 2. The fourth-order valence-electron chi connectivity index (χ4n) is 4.36. The highest BCUT2D eigenvalue weighted by Crippen LogP contribution is 2.40. The SMILES string of the molecule is CC1Oc2c(C(=O)Nc3ccc(-c4nnc5n4CCCCC5)cc3)cccc2C1C. The predicted molar refractivity (Wildman–Crippen MR) is 116 cm³/mol. The van der Waals surface area contributed by atoms with Crippen molar-refractivity contribution in [2.24, 2.45) is 0 Å². The molecule has 5 rings (SSSR count). The largest absolute Gasteiger partial charge is 0.489 e. The Labute approximate surface area is 176 Å². The van der Waals surface area contributed by atoms with Crippen LogP contribution in [0.25, 0.3) is 11.4 Å². The number of benzene rings is 2. The monoisotopic (exact) mass is 402 g/mol. The lowest BCUT2D eigenvalue weighted by atomic mass is 9.97. The number of anilines is 1. The second-order valence-electron chi connectivity index (χ2n) is 8.27. The molecule has 0 fully saturated rings. The Kier molecular flexibility index (Phi) is 4.77. The van der Waals surface area contributed by atoms with E-state index >= 15 is 0 Å². The summed E-state index contributed by atoms with van der Waals surface area (Å²) in [6, 6.07) is 13.6. The van der Waals surface area contributed by atoms with Crippen LogP contribution in [0.3, 0.4) is 0 Å². The zero-order valence-electron chi connectivity index (χ0n) is 17.4. The van der Waals surface area contributed by atoms with Crippen LogP contribution in [-0.2, 0) is 13.0 Å². The first-order valence-electron chi connectivity index (χ1n) is 10.8. The van der Waals surface area contributed by atoms with Gasteiger partial charge in [-0.2, -0.15) is 0 Å². The van der Waals surface area contributed by atoms with Crippen LogP contribution in [0.15, 0.2) is 42.5 Å². The van der Waals surface area contributed by atoms with Crippen LogP contribution in [0.4, 0.5) is 5.69 Å². The van der Waals surface area contributed by atoms with Crippen LogP contribution in [0.2, 0.25) is 0 Å². The molecule has 2 atom stereocenters. The van der Waals surface area contributed by atoms with Crippen molar-refractivity contribution in [2.45, 2.75) is 58.1 Å². The molecule has 1 amide bonds. The average molecular weight is 402 g/mol. The first-order valence-corrected chi connectivity index (χ1v) is 10.8. The van der Waals surface area contributed by atoms with Gasteiger partial charge in [-0.15, -0.1) is 10.2 Å². The van der Waals surface area contributed by atoms with Gasteiger partial charge in [-0.05, 0) is 50.1 Å². The second kappa shape index (κ2) is 7.59. The number of aromatic nitrogens is 3. The third-order valence-corrected chi connectivity index (χ3v) is 6.30. The summed E-state index contributed by atoms with van der Waals surface area (Å²) in [5.74, 6) is 2.81. The molecule has 1 aromatic heterocycles. The quantitative estimate of drug-likeness (QED) is 0.683. The van der Waals surface area contributed by atoms with Crippen LogP contribution in [0, 0.1) is 0 Å². The molecule has 154 valence electrons. The Morgan fingerprint density at radius 2 is 1.90 bits per heavy atom. The van der Waals surface area contributed by atoms with Crippen LogP contribution >= 0.6 is 0 Å². The van der Waals surface area contributed by atoms with Gasteiger partial charge in [0.2, 0.25) is 0 Å². The highest BCUT2D eigenvalue weighted by atomic mass is 16.5. The van der Waals surface area contributed by atoms with Gasteiger partial charge < -0.3 is 14.6 Å². The molecule has 6 heteroatoms. The first-order chi connectivity index (χ1) is 14.6. The van der Waals surface area contributed by atoms with Crippen LogP contribution < -0.4 is 10.1 Å². The number of carbonyl (C=O) groups is 1. The summed E-state index contributed by atoms with van der Waals surface area (Å²) < 4.78 is 8.19. The molecule has 0 saturated heterocycles. The van der Waals surface area contributed by atoms with Gasteiger partial charge in [0.15, 0.2) is 5.82 Å². The van der Waals surface area contributed by atoms with Crippen molar-refractivity contribution in [2.75, 3.05) is 5.32 Å². The minimum absolute atomic E-state index is 0.0755. The highest BCUT2D eigenvalue weighted by Gasteiger charge is 2.31. The number of hydrogen-bond acceptors (Lipinski definition) is 4. The van der Waals surface area contributed by atoms with E-state index in [-0.39, 0.29) is 17.9 Å². The van der Waals surface area contributed by atoms with Gasteiger partial charge in [0.05, 0.1) is 5.56 Å². The Morgan fingerprint density at radius 1 is 1.07 bits per heavy atom. The van der Waals surface area contributed by atoms with Crippen LogP contribution in [-0.4, -0.2) is 26.8 Å². The molecule has 30 heavy (non-hydrogen) atoms. The van der Waals surface area contributed by atoms with E-state index in [9.17, 15) is 4.79 Å². The molecular formula is C24H26N4O2. The van der Waals surface area contributed by atoms with Gasteiger partial charge in [0.1, 0.15) is 17.7 Å². The fourth-order valence-corrected chi connectivity index (χ4v) is 4.36. The van der Waals surface area contributed by atoms with Gasteiger partial charge in [0, 0.05) is 35.7 Å².